The maximum atomic E-state index is 12.9. The molecule has 0 bridgehead atoms. The first kappa shape index (κ1) is 16.7. The van der Waals surface area contributed by atoms with Gasteiger partial charge in [-0.25, -0.2) is 13.4 Å². The predicted octanol–water partition coefficient (Wildman–Crippen LogP) is 1.93. The second-order valence-corrected chi connectivity index (χ2v) is 8.50. The minimum Gasteiger partial charge on any atom is -0.352 e. The van der Waals surface area contributed by atoms with E-state index in [1.54, 1.807) is 6.20 Å². The molecule has 1 fully saturated rings. The van der Waals surface area contributed by atoms with Crippen LogP contribution in [0.25, 0.3) is 5.69 Å². The van der Waals surface area contributed by atoms with Crippen LogP contribution < -0.4 is 5.32 Å². The van der Waals surface area contributed by atoms with Gasteiger partial charge in [0.05, 0.1) is 5.69 Å². The molecular formula is C17H21N3O3S. The second-order valence-electron chi connectivity index (χ2n) is 6.34. The molecule has 1 aromatic heterocycles. The van der Waals surface area contributed by atoms with Crippen molar-refractivity contribution in [2.75, 3.05) is 0 Å². The van der Waals surface area contributed by atoms with Crippen molar-refractivity contribution in [1.29, 1.82) is 0 Å². The highest BCUT2D eigenvalue weighted by atomic mass is 32.2. The van der Waals surface area contributed by atoms with Crippen molar-refractivity contribution in [3.8, 4) is 5.69 Å². The van der Waals surface area contributed by atoms with Crippen molar-refractivity contribution in [2.24, 2.45) is 0 Å². The normalized spacial score (nSPS) is 16.0. The lowest BCUT2D eigenvalue weighted by Gasteiger charge is -2.15. The molecule has 1 N–H and O–H groups in total. The molecule has 0 spiro atoms. The molecule has 1 aliphatic rings. The molecule has 1 atom stereocenters. The fourth-order valence-corrected chi connectivity index (χ4v) is 3.91. The molecule has 0 saturated heterocycles. The smallest absolute Gasteiger partial charge is 0.238 e. The van der Waals surface area contributed by atoms with Gasteiger partial charge in [-0.1, -0.05) is 17.7 Å². The average Bonchev–Trinajstić information content (AvgIpc) is 3.19. The van der Waals surface area contributed by atoms with Gasteiger partial charge >= 0.3 is 0 Å². The second kappa shape index (κ2) is 6.05. The third-order valence-corrected chi connectivity index (χ3v) is 6.19. The highest BCUT2D eigenvalue weighted by molar-refractivity contribution is 7.92. The van der Waals surface area contributed by atoms with Crippen LogP contribution in [0.5, 0.6) is 0 Å². The van der Waals surface area contributed by atoms with Crippen LogP contribution in [-0.4, -0.2) is 35.2 Å². The number of carbonyl (C=O) groups is 1. The van der Waals surface area contributed by atoms with E-state index in [1.165, 1.54) is 17.7 Å². The number of rotatable bonds is 5. The Hall–Kier alpha value is -2.15. The molecule has 0 aliphatic heterocycles. The zero-order chi connectivity index (χ0) is 17.5. The molecule has 3 rings (SSSR count). The Morgan fingerprint density at radius 1 is 1.33 bits per heavy atom. The van der Waals surface area contributed by atoms with Gasteiger partial charge in [-0.3, -0.25) is 9.36 Å². The lowest BCUT2D eigenvalue weighted by molar-refractivity contribution is -0.120. The highest BCUT2D eigenvalue weighted by Crippen LogP contribution is 2.24. The molecule has 7 heteroatoms. The van der Waals surface area contributed by atoms with E-state index < -0.39 is 21.0 Å². The first-order valence-corrected chi connectivity index (χ1v) is 9.50. The summed E-state index contributed by atoms with van der Waals surface area (Å²) in [4.78, 5) is 16.2. The third-order valence-electron chi connectivity index (χ3n) is 4.23. The standard InChI is InChI=1S/C17H21N3O3S/c1-11-4-7-15(12(2)10-11)20-9-8-18-17(20)24(22,23)13(3)16(21)19-14-5-6-14/h4,7-10,13-14H,5-6H2,1-3H3,(H,19,21)/t13-/m0/s1. The quantitative estimate of drug-likeness (QED) is 0.896. The third kappa shape index (κ3) is 3.08. The highest BCUT2D eigenvalue weighted by Gasteiger charge is 2.36. The van der Waals surface area contributed by atoms with Crippen LogP contribution in [-0.2, 0) is 14.6 Å². The zero-order valence-corrected chi connectivity index (χ0v) is 14.8. The van der Waals surface area contributed by atoms with Crippen molar-refractivity contribution in [3.63, 3.8) is 0 Å². The minimum atomic E-state index is -3.88. The monoisotopic (exact) mass is 347 g/mol. The van der Waals surface area contributed by atoms with Crippen LogP contribution in [0.1, 0.15) is 30.9 Å². The Kier molecular flexibility index (Phi) is 4.21. The predicted molar refractivity (Wildman–Crippen MR) is 90.9 cm³/mol. The summed E-state index contributed by atoms with van der Waals surface area (Å²) >= 11 is 0. The van der Waals surface area contributed by atoms with Crippen molar-refractivity contribution in [3.05, 3.63) is 41.7 Å². The van der Waals surface area contributed by atoms with Crippen molar-refractivity contribution < 1.29 is 13.2 Å². The summed E-state index contributed by atoms with van der Waals surface area (Å²) in [5, 5.41) is 1.46. The first-order chi connectivity index (χ1) is 11.3. The molecule has 1 aromatic carbocycles. The zero-order valence-electron chi connectivity index (χ0n) is 14.0. The number of nitrogens with zero attached hydrogens (tertiary/aromatic N) is 2. The fraction of sp³-hybridized carbons (Fsp3) is 0.412. The van der Waals surface area contributed by atoms with Gasteiger partial charge < -0.3 is 5.32 Å². The Morgan fingerprint density at radius 3 is 2.67 bits per heavy atom. The minimum absolute atomic E-state index is 0.104. The lowest BCUT2D eigenvalue weighted by Crippen LogP contribution is -2.39. The maximum Gasteiger partial charge on any atom is 0.238 e. The Bertz CT molecular complexity index is 882. The number of hydrogen-bond donors (Lipinski definition) is 1. The number of carbonyl (C=O) groups excluding carboxylic acids is 1. The van der Waals surface area contributed by atoms with Gasteiger partial charge in [-0.05, 0) is 45.2 Å². The van der Waals surface area contributed by atoms with Crippen LogP contribution in [0.2, 0.25) is 0 Å². The van der Waals surface area contributed by atoms with Crippen LogP contribution >= 0.6 is 0 Å². The topological polar surface area (TPSA) is 81.1 Å². The fourth-order valence-electron chi connectivity index (χ4n) is 2.60. The lowest BCUT2D eigenvalue weighted by atomic mass is 10.1. The van der Waals surface area contributed by atoms with E-state index in [2.05, 4.69) is 10.3 Å². The Labute approximate surface area is 141 Å². The average molecular weight is 347 g/mol. The number of imidazole rings is 1. The summed E-state index contributed by atoms with van der Waals surface area (Å²) < 4.78 is 27.3. The number of amides is 1. The summed E-state index contributed by atoms with van der Waals surface area (Å²) in [6.45, 7) is 5.31. The van der Waals surface area contributed by atoms with Gasteiger partial charge in [0.2, 0.25) is 20.9 Å². The van der Waals surface area contributed by atoms with Crippen LogP contribution in [0.4, 0.5) is 0 Å². The molecule has 6 nitrogen and oxygen atoms in total. The van der Waals surface area contributed by atoms with Gasteiger partial charge in [0, 0.05) is 18.4 Å². The van der Waals surface area contributed by atoms with Gasteiger partial charge in [0.1, 0.15) is 5.25 Å². The molecule has 1 saturated carbocycles. The summed E-state index contributed by atoms with van der Waals surface area (Å²) in [7, 11) is -3.88. The maximum absolute atomic E-state index is 12.9. The molecule has 1 amide bonds. The van der Waals surface area contributed by atoms with Crippen molar-refractivity contribution in [1.82, 2.24) is 14.9 Å². The van der Waals surface area contributed by atoms with E-state index in [9.17, 15) is 13.2 Å². The molecule has 128 valence electrons. The summed E-state index contributed by atoms with van der Waals surface area (Å²) in [5.41, 5.74) is 2.78. The molecular weight excluding hydrogens is 326 g/mol. The molecule has 0 unspecified atom stereocenters. The molecule has 1 heterocycles. The van der Waals surface area contributed by atoms with E-state index in [0.29, 0.717) is 0 Å². The van der Waals surface area contributed by atoms with E-state index in [0.717, 1.165) is 29.7 Å². The van der Waals surface area contributed by atoms with E-state index in [1.807, 2.05) is 32.0 Å². The number of aryl methyl sites for hydroxylation is 2. The number of sulfone groups is 1. The van der Waals surface area contributed by atoms with Gasteiger partial charge in [-0.2, -0.15) is 0 Å². The van der Waals surface area contributed by atoms with Crippen molar-refractivity contribution >= 4 is 15.7 Å². The molecule has 0 radical (unpaired) electrons. The van der Waals surface area contributed by atoms with E-state index in [-0.39, 0.29) is 11.2 Å². The number of aromatic nitrogens is 2. The summed E-state index contributed by atoms with van der Waals surface area (Å²) in [6.07, 6.45) is 4.87. The van der Waals surface area contributed by atoms with Gasteiger partial charge in [0.15, 0.2) is 0 Å². The molecule has 1 aliphatic carbocycles. The van der Waals surface area contributed by atoms with E-state index >= 15 is 0 Å². The molecule has 2 aromatic rings. The van der Waals surface area contributed by atoms with E-state index in [4.69, 9.17) is 0 Å². The number of hydrogen-bond acceptors (Lipinski definition) is 4. The SMILES string of the molecule is Cc1ccc(-n2ccnc2S(=O)(=O)[C@@H](C)C(=O)NC2CC2)c(C)c1. The van der Waals surface area contributed by atoms with Gasteiger partial charge in [-0.15, -0.1) is 0 Å². The largest absolute Gasteiger partial charge is 0.352 e. The first-order valence-electron chi connectivity index (χ1n) is 7.96. The Morgan fingerprint density at radius 2 is 2.04 bits per heavy atom. The molecule has 24 heavy (non-hydrogen) atoms. The summed E-state index contributed by atoms with van der Waals surface area (Å²) in [6, 6.07) is 5.88. The Balaban J connectivity index is 1.97. The van der Waals surface area contributed by atoms with Crippen LogP contribution in [0.3, 0.4) is 0 Å². The van der Waals surface area contributed by atoms with Crippen LogP contribution in [0, 0.1) is 13.8 Å². The van der Waals surface area contributed by atoms with Crippen LogP contribution in [0.15, 0.2) is 35.7 Å². The number of nitrogens with one attached hydrogen (secondary N) is 1. The van der Waals surface area contributed by atoms with Gasteiger partial charge in [0.25, 0.3) is 0 Å². The summed E-state index contributed by atoms with van der Waals surface area (Å²) in [5.74, 6) is -0.465. The number of benzene rings is 1. The van der Waals surface area contributed by atoms with Crippen molar-refractivity contribution in [2.45, 2.75) is 50.1 Å².